The predicted octanol–water partition coefficient (Wildman–Crippen LogP) is 18.9. The molecule has 0 radical (unpaired) electrons. The van der Waals surface area contributed by atoms with Crippen LogP contribution in [0.15, 0.2) is 0 Å². The number of hydrogen-bond acceptors (Lipinski definition) is 2. The van der Waals surface area contributed by atoms with Gasteiger partial charge in [0, 0.05) is 6.42 Å². The van der Waals surface area contributed by atoms with Crippen LogP contribution in [-0.2, 0) is 9.53 Å². The molecule has 0 heterocycles. The third-order valence-corrected chi connectivity index (χ3v) is 12.0. The van der Waals surface area contributed by atoms with Gasteiger partial charge >= 0.3 is 5.97 Å². The second-order valence-corrected chi connectivity index (χ2v) is 17.5. The van der Waals surface area contributed by atoms with E-state index in [1.54, 1.807) is 0 Å². The van der Waals surface area contributed by atoms with Gasteiger partial charge in [-0.3, -0.25) is 4.79 Å². The molecule has 2 heteroatoms. The minimum atomic E-state index is 0.0307. The first-order chi connectivity index (χ1) is 26.3. The van der Waals surface area contributed by atoms with Gasteiger partial charge in [-0.15, -0.1) is 0 Å². The summed E-state index contributed by atoms with van der Waals surface area (Å²) in [6.45, 7) is 5.22. The first-order valence-electron chi connectivity index (χ1n) is 25.5. The van der Waals surface area contributed by atoms with Crippen molar-refractivity contribution in [3.05, 3.63) is 0 Å². The molecule has 0 aromatic rings. The van der Waals surface area contributed by atoms with E-state index in [9.17, 15) is 4.79 Å². The van der Waals surface area contributed by atoms with E-state index in [0.717, 1.165) is 12.8 Å². The van der Waals surface area contributed by atoms with E-state index in [1.807, 2.05) is 0 Å². The van der Waals surface area contributed by atoms with Crippen LogP contribution < -0.4 is 0 Å². The zero-order valence-electron chi connectivity index (χ0n) is 37.3. The Labute approximate surface area is 336 Å². The third-order valence-electron chi connectivity index (χ3n) is 12.0. The molecular weight excluding hydrogens is 645 g/mol. The van der Waals surface area contributed by atoms with Crippen molar-refractivity contribution in [3.63, 3.8) is 0 Å². The first kappa shape index (κ1) is 52.5. The fourth-order valence-corrected chi connectivity index (χ4v) is 8.20. The van der Waals surface area contributed by atoms with E-state index in [4.69, 9.17) is 4.74 Å². The van der Waals surface area contributed by atoms with Gasteiger partial charge < -0.3 is 4.74 Å². The maximum atomic E-state index is 12.0. The fourth-order valence-electron chi connectivity index (χ4n) is 8.20. The summed E-state index contributed by atoms with van der Waals surface area (Å²) in [7, 11) is 0. The number of carbonyl (C=O) groups is 1. The van der Waals surface area contributed by atoms with Gasteiger partial charge in [-0.05, 0) is 12.8 Å². The normalized spacial score (nSPS) is 11.5. The van der Waals surface area contributed by atoms with Crippen LogP contribution in [0.3, 0.4) is 0 Å². The summed E-state index contributed by atoms with van der Waals surface area (Å²) >= 11 is 0. The maximum absolute atomic E-state index is 12.0. The van der Waals surface area contributed by atoms with E-state index < -0.39 is 0 Å². The van der Waals surface area contributed by atoms with Crippen LogP contribution >= 0.6 is 0 Å². The topological polar surface area (TPSA) is 26.3 Å². The highest BCUT2D eigenvalue weighted by Gasteiger charge is 2.03. The molecule has 0 aliphatic rings. The highest BCUT2D eigenvalue weighted by atomic mass is 16.5. The fraction of sp³-hybridized carbons (Fsp3) is 0.980. The first-order valence-corrected chi connectivity index (χ1v) is 25.5. The molecule has 0 rings (SSSR count). The highest BCUT2D eigenvalue weighted by molar-refractivity contribution is 5.69. The second kappa shape index (κ2) is 49.5. The van der Waals surface area contributed by atoms with Gasteiger partial charge in [0.15, 0.2) is 0 Å². The zero-order valence-corrected chi connectivity index (χ0v) is 37.3. The molecule has 0 fully saturated rings. The highest BCUT2D eigenvalue weighted by Crippen LogP contribution is 2.18. The molecule has 53 heavy (non-hydrogen) atoms. The molecule has 2 nitrogen and oxygen atoms in total. The Kier molecular flexibility index (Phi) is 49.0. The summed E-state index contributed by atoms with van der Waals surface area (Å²) in [5.74, 6) is 0.0307. The lowest BCUT2D eigenvalue weighted by Gasteiger charge is -2.06. The molecule has 0 unspecified atom stereocenters. The van der Waals surface area contributed by atoms with Crippen LogP contribution in [0.2, 0.25) is 0 Å². The smallest absolute Gasteiger partial charge is 0.305 e. The lowest BCUT2D eigenvalue weighted by atomic mass is 10.0. The van der Waals surface area contributed by atoms with Gasteiger partial charge in [-0.1, -0.05) is 296 Å². The van der Waals surface area contributed by atoms with Crippen LogP contribution in [0.4, 0.5) is 0 Å². The average molecular weight is 747 g/mol. The van der Waals surface area contributed by atoms with Crippen molar-refractivity contribution in [2.75, 3.05) is 6.61 Å². The van der Waals surface area contributed by atoms with Crippen molar-refractivity contribution < 1.29 is 9.53 Å². The lowest BCUT2D eigenvalue weighted by molar-refractivity contribution is -0.143. The van der Waals surface area contributed by atoms with E-state index in [0.29, 0.717) is 13.0 Å². The Morgan fingerprint density at radius 3 is 0.623 bits per heavy atom. The summed E-state index contributed by atoms with van der Waals surface area (Å²) in [6.07, 6.45) is 65.5. The second-order valence-electron chi connectivity index (χ2n) is 17.5. The van der Waals surface area contributed by atoms with Crippen LogP contribution in [-0.4, -0.2) is 12.6 Å². The van der Waals surface area contributed by atoms with Gasteiger partial charge in [0.1, 0.15) is 0 Å². The van der Waals surface area contributed by atoms with Crippen LogP contribution in [0.25, 0.3) is 0 Å². The van der Waals surface area contributed by atoms with E-state index in [2.05, 4.69) is 13.8 Å². The monoisotopic (exact) mass is 747 g/mol. The standard InChI is InChI=1S/C51H102O2/c1-3-5-7-9-11-13-15-16-17-18-19-20-21-22-23-24-25-26-27-28-29-30-31-32-33-34-35-36-37-38-39-41-43-45-47-49-51(52)53-50-48-46-44-42-40-14-12-10-8-6-4-2/h3-50H2,1-2H3. The Balaban J connectivity index is 3.11. The number of esters is 1. The lowest BCUT2D eigenvalue weighted by Crippen LogP contribution is -2.05. The molecule has 0 saturated carbocycles. The average Bonchev–Trinajstić information content (AvgIpc) is 3.16. The predicted molar refractivity (Wildman–Crippen MR) is 239 cm³/mol. The minimum absolute atomic E-state index is 0.0307. The van der Waals surface area contributed by atoms with E-state index in [-0.39, 0.29) is 5.97 Å². The summed E-state index contributed by atoms with van der Waals surface area (Å²) in [6, 6.07) is 0. The van der Waals surface area contributed by atoms with Gasteiger partial charge in [0.25, 0.3) is 0 Å². The number of hydrogen-bond donors (Lipinski definition) is 0. The SMILES string of the molecule is CCCCCCCCCCCCCCCCCCCCCCCCCCCCCCCCCCCCCC(=O)OCCCCCCCCCCCCC. The molecule has 0 aromatic heterocycles. The van der Waals surface area contributed by atoms with E-state index in [1.165, 1.54) is 283 Å². The Hall–Kier alpha value is -0.530. The summed E-state index contributed by atoms with van der Waals surface area (Å²) < 4.78 is 5.46. The molecule has 0 aromatic carbocycles. The van der Waals surface area contributed by atoms with Gasteiger partial charge in [-0.25, -0.2) is 0 Å². The Morgan fingerprint density at radius 2 is 0.415 bits per heavy atom. The summed E-state index contributed by atoms with van der Waals surface area (Å²) in [4.78, 5) is 12.0. The number of unbranched alkanes of at least 4 members (excludes halogenated alkanes) is 44. The van der Waals surface area contributed by atoms with Crippen molar-refractivity contribution >= 4 is 5.97 Å². The molecule has 0 aliphatic heterocycles. The molecule has 0 amide bonds. The number of ether oxygens (including phenoxy) is 1. The van der Waals surface area contributed by atoms with Crippen molar-refractivity contribution in [1.29, 1.82) is 0 Å². The van der Waals surface area contributed by atoms with Crippen LogP contribution in [0.5, 0.6) is 0 Å². The number of carbonyl (C=O) groups excluding carboxylic acids is 1. The van der Waals surface area contributed by atoms with Crippen LogP contribution in [0.1, 0.15) is 316 Å². The van der Waals surface area contributed by atoms with Crippen molar-refractivity contribution in [2.45, 2.75) is 316 Å². The van der Waals surface area contributed by atoms with Crippen molar-refractivity contribution in [1.82, 2.24) is 0 Å². The molecule has 0 aliphatic carbocycles. The maximum Gasteiger partial charge on any atom is 0.305 e. The van der Waals surface area contributed by atoms with E-state index >= 15 is 0 Å². The summed E-state index contributed by atoms with van der Waals surface area (Å²) in [5.41, 5.74) is 0. The third kappa shape index (κ3) is 49.5. The number of rotatable bonds is 48. The van der Waals surface area contributed by atoms with Crippen LogP contribution in [0, 0.1) is 0 Å². The Bertz CT molecular complexity index is 644. The largest absolute Gasteiger partial charge is 0.466 e. The molecule has 0 spiro atoms. The van der Waals surface area contributed by atoms with Gasteiger partial charge in [0.2, 0.25) is 0 Å². The minimum Gasteiger partial charge on any atom is -0.466 e. The molecular formula is C51H102O2. The Morgan fingerprint density at radius 1 is 0.245 bits per heavy atom. The molecule has 318 valence electrons. The molecule has 0 saturated heterocycles. The van der Waals surface area contributed by atoms with Crippen molar-refractivity contribution in [3.8, 4) is 0 Å². The molecule has 0 N–H and O–H groups in total. The zero-order chi connectivity index (χ0) is 38.2. The quantitative estimate of drug-likeness (QED) is 0.0458. The summed E-state index contributed by atoms with van der Waals surface area (Å²) in [5, 5.41) is 0. The molecule has 0 bridgehead atoms. The van der Waals surface area contributed by atoms with Gasteiger partial charge in [0.05, 0.1) is 6.61 Å². The van der Waals surface area contributed by atoms with Crippen molar-refractivity contribution in [2.24, 2.45) is 0 Å². The van der Waals surface area contributed by atoms with Gasteiger partial charge in [-0.2, -0.15) is 0 Å². The molecule has 0 atom stereocenters.